The molecule has 3 heteroatoms. The topological polar surface area (TPSA) is 25.8 Å². The van der Waals surface area contributed by atoms with E-state index in [9.17, 15) is 0 Å². The first-order chi connectivity index (χ1) is 25.2. The molecule has 0 spiro atoms. The molecule has 10 rings (SSSR count). The van der Waals surface area contributed by atoms with Crippen LogP contribution in [0.25, 0.3) is 76.3 Å². The van der Waals surface area contributed by atoms with Crippen LogP contribution in [0.2, 0.25) is 0 Å². The average molecular weight is 669 g/mol. The highest BCUT2D eigenvalue weighted by Gasteiger charge is 2.41. The minimum atomic E-state index is -0.284. The first-order valence-electron chi connectivity index (χ1n) is 17.4. The van der Waals surface area contributed by atoms with E-state index in [0.717, 1.165) is 33.9 Å². The third-order valence-corrected chi connectivity index (χ3v) is 11.8. The number of benzene rings is 7. The number of fused-ring (bicyclic) bond motifs is 6. The molecule has 0 fully saturated rings. The fourth-order valence-electron chi connectivity index (χ4n) is 8.12. The van der Waals surface area contributed by atoms with Crippen molar-refractivity contribution in [1.82, 2.24) is 9.97 Å². The normalized spacial score (nSPS) is 14.8. The highest BCUT2D eigenvalue weighted by molar-refractivity contribution is 7.25. The molecule has 0 bridgehead atoms. The van der Waals surface area contributed by atoms with Gasteiger partial charge in [-0.15, -0.1) is 11.3 Å². The molecule has 1 unspecified atom stereocenters. The van der Waals surface area contributed by atoms with E-state index < -0.39 is 0 Å². The van der Waals surface area contributed by atoms with Gasteiger partial charge in [0.05, 0.1) is 11.4 Å². The van der Waals surface area contributed by atoms with E-state index in [4.69, 9.17) is 9.97 Å². The predicted molar refractivity (Wildman–Crippen MR) is 214 cm³/mol. The Balaban J connectivity index is 1.14. The number of hydrogen-bond donors (Lipinski definition) is 0. The summed E-state index contributed by atoms with van der Waals surface area (Å²) in [6, 6.07) is 63.2. The largest absolute Gasteiger partial charge is 0.228 e. The maximum absolute atomic E-state index is 5.28. The van der Waals surface area contributed by atoms with Crippen LogP contribution < -0.4 is 0 Å². The predicted octanol–water partition coefficient (Wildman–Crippen LogP) is 12.8. The van der Waals surface area contributed by atoms with E-state index in [1.807, 2.05) is 17.4 Å². The van der Waals surface area contributed by atoms with Crippen molar-refractivity contribution in [2.24, 2.45) is 0 Å². The molecule has 1 atom stereocenters. The van der Waals surface area contributed by atoms with E-state index >= 15 is 0 Å². The van der Waals surface area contributed by atoms with Crippen molar-refractivity contribution in [2.75, 3.05) is 0 Å². The van der Waals surface area contributed by atoms with E-state index in [1.54, 1.807) is 0 Å². The van der Waals surface area contributed by atoms with Gasteiger partial charge in [0.2, 0.25) is 0 Å². The Hall–Kier alpha value is -6.16. The van der Waals surface area contributed by atoms with Gasteiger partial charge < -0.3 is 0 Å². The Bertz CT molecular complexity index is 2750. The first kappa shape index (κ1) is 29.7. The smallest absolute Gasteiger partial charge is 0.160 e. The Labute approximate surface area is 301 Å². The second kappa shape index (κ2) is 11.7. The summed E-state index contributed by atoms with van der Waals surface area (Å²) in [4.78, 5) is 10.5. The molecule has 0 N–H and O–H groups in total. The van der Waals surface area contributed by atoms with Crippen molar-refractivity contribution >= 4 is 31.5 Å². The van der Waals surface area contributed by atoms with Crippen molar-refractivity contribution in [2.45, 2.75) is 12.3 Å². The van der Waals surface area contributed by atoms with Crippen LogP contribution in [0.15, 0.2) is 176 Å². The standard InChI is InChI=1S/C48H32N2S/c1-48(34-16-6-3-7-17-34)39-22-10-8-18-36(39)45-37(21-12-23-40(45)48)42-30-41(49-47(50-42)33-14-4-2-5-15-33)32-28-26-31(27-29-32)35-20-13-25-44-46(35)38-19-9-11-24-43(38)51-44/h2-30H,1H3. The summed E-state index contributed by atoms with van der Waals surface area (Å²) in [6.07, 6.45) is 0. The second-order valence-corrected chi connectivity index (χ2v) is 14.5. The Kier molecular flexibility index (Phi) is 6.83. The Morgan fingerprint density at radius 1 is 0.451 bits per heavy atom. The van der Waals surface area contributed by atoms with Gasteiger partial charge in [-0.1, -0.05) is 158 Å². The van der Waals surface area contributed by atoms with Gasteiger partial charge in [-0.2, -0.15) is 0 Å². The van der Waals surface area contributed by atoms with Crippen LogP contribution in [-0.4, -0.2) is 9.97 Å². The van der Waals surface area contributed by atoms with Crippen LogP contribution >= 0.6 is 11.3 Å². The van der Waals surface area contributed by atoms with Gasteiger partial charge in [0, 0.05) is 42.3 Å². The highest BCUT2D eigenvalue weighted by atomic mass is 32.1. The number of thiophene rings is 1. The van der Waals surface area contributed by atoms with Gasteiger partial charge in [0.25, 0.3) is 0 Å². The monoisotopic (exact) mass is 668 g/mol. The zero-order chi connectivity index (χ0) is 33.9. The van der Waals surface area contributed by atoms with Crippen molar-refractivity contribution in [3.05, 3.63) is 193 Å². The molecular formula is C48H32N2S. The fourth-order valence-corrected chi connectivity index (χ4v) is 9.25. The summed E-state index contributed by atoms with van der Waals surface area (Å²) in [6.45, 7) is 2.36. The summed E-state index contributed by atoms with van der Waals surface area (Å²) in [5, 5.41) is 2.63. The summed E-state index contributed by atoms with van der Waals surface area (Å²) >= 11 is 1.86. The van der Waals surface area contributed by atoms with Gasteiger partial charge >= 0.3 is 0 Å². The molecular weight excluding hydrogens is 637 g/mol. The van der Waals surface area contributed by atoms with Crippen LogP contribution in [0, 0.1) is 0 Å². The van der Waals surface area contributed by atoms with Crippen molar-refractivity contribution in [3.63, 3.8) is 0 Å². The van der Waals surface area contributed by atoms with E-state index in [-0.39, 0.29) is 5.41 Å². The minimum Gasteiger partial charge on any atom is -0.228 e. The summed E-state index contributed by atoms with van der Waals surface area (Å²) in [5.41, 5.74) is 13.6. The third-order valence-electron chi connectivity index (χ3n) is 10.6. The molecule has 9 aromatic rings. The Morgan fingerprint density at radius 3 is 1.90 bits per heavy atom. The Morgan fingerprint density at radius 2 is 1.06 bits per heavy atom. The second-order valence-electron chi connectivity index (χ2n) is 13.4. The zero-order valence-corrected chi connectivity index (χ0v) is 28.9. The molecule has 2 heterocycles. The molecule has 51 heavy (non-hydrogen) atoms. The number of rotatable bonds is 5. The van der Waals surface area contributed by atoms with E-state index in [0.29, 0.717) is 0 Å². The van der Waals surface area contributed by atoms with Gasteiger partial charge in [-0.3, -0.25) is 0 Å². The quantitative estimate of drug-likeness (QED) is 0.182. The molecule has 7 aromatic carbocycles. The van der Waals surface area contributed by atoms with Crippen LogP contribution in [0.1, 0.15) is 23.6 Å². The van der Waals surface area contributed by atoms with Gasteiger partial charge in [-0.25, -0.2) is 9.97 Å². The number of hydrogen-bond acceptors (Lipinski definition) is 3. The van der Waals surface area contributed by atoms with Gasteiger partial charge in [0.15, 0.2) is 5.82 Å². The number of aromatic nitrogens is 2. The molecule has 240 valence electrons. The van der Waals surface area contributed by atoms with Crippen molar-refractivity contribution in [1.29, 1.82) is 0 Å². The maximum Gasteiger partial charge on any atom is 0.160 e. The van der Waals surface area contributed by atoms with E-state index in [2.05, 4.69) is 177 Å². The lowest BCUT2D eigenvalue weighted by Crippen LogP contribution is -2.22. The fraction of sp³-hybridized carbons (Fsp3) is 0.0417. The van der Waals surface area contributed by atoms with Crippen molar-refractivity contribution in [3.8, 4) is 56.2 Å². The zero-order valence-electron chi connectivity index (χ0n) is 28.0. The van der Waals surface area contributed by atoms with Crippen molar-refractivity contribution < 1.29 is 0 Å². The average Bonchev–Trinajstić information content (AvgIpc) is 3.72. The molecule has 1 aliphatic carbocycles. The van der Waals surface area contributed by atoms with Gasteiger partial charge in [-0.05, 0) is 64.1 Å². The molecule has 0 saturated heterocycles. The molecule has 0 saturated carbocycles. The lowest BCUT2D eigenvalue weighted by Gasteiger charge is -2.28. The first-order valence-corrected chi connectivity index (χ1v) is 18.2. The minimum absolute atomic E-state index is 0.284. The van der Waals surface area contributed by atoms with Crippen LogP contribution in [0.4, 0.5) is 0 Å². The summed E-state index contributed by atoms with van der Waals surface area (Å²) in [7, 11) is 0. The molecule has 2 nitrogen and oxygen atoms in total. The van der Waals surface area contributed by atoms with Gasteiger partial charge in [0.1, 0.15) is 0 Å². The molecule has 0 amide bonds. The number of nitrogens with zero attached hydrogens (tertiary/aromatic N) is 2. The van der Waals surface area contributed by atoms with E-state index in [1.165, 1.54) is 59.1 Å². The molecule has 1 aliphatic rings. The SMILES string of the molecule is CC1(c2ccccc2)c2ccccc2-c2c(-c3cc(-c4ccc(-c5cccc6sc7ccccc7c56)cc4)nc(-c4ccccc4)n3)cccc21. The van der Waals surface area contributed by atoms with Crippen LogP contribution in [0.5, 0.6) is 0 Å². The maximum atomic E-state index is 5.28. The lowest BCUT2D eigenvalue weighted by atomic mass is 9.74. The highest BCUT2D eigenvalue weighted by Crippen LogP contribution is 2.55. The molecule has 2 aromatic heterocycles. The lowest BCUT2D eigenvalue weighted by molar-refractivity contribution is 0.714. The summed E-state index contributed by atoms with van der Waals surface area (Å²) < 4.78 is 2.63. The van der Waals surface area contributed by atoms with Crippen LogP contribution in [-0.2, 0) is 5.41 Å². The van der Waals surface area contributed by atoms with Crippen LogP contribution in [0.3, 0.4) is 0 Å². The summed E-state index contributed by atoms with van der Waals surface area (Å²) in [5.74, 6) is 0.719. The molecule has 0 radical (unpaired) electrons. The molecule has 0 aliphatic heterocycles. The third kappa shape index (κ3) is 4.70.